The van der Waals surface area contributed by atoms with E-state index < -0.39 is 0 Å². The lowest BCUT2D eigenvalue weighted by Crippen LogP contribution is -2.17. The van der Waals surface area contributed by atoms with Crippen LogP contribution in [0.15, 0.2) is 114 Å². The Hall–Kier alpha value is -5.07. The quantitative estimate of drug-likeness (QED) is 0.188. The summed E-state index contributed by atoms with van der Waals surface area (Å²) in [6.45, 7) is 4.09. The number of nitrogens with zero attached hydrogens (tertiary/aromatic N) is 2. The molecule has 0 aliphatic carbocycles. The van der Waals surface area contributed by atoms with Gasteiger partial charge in [0.1, 0.15) is 11.5 Å². The van der Waals surface area contributed by atoms with Crippen molar-refractivity contribution in [3.05, 3.63) is 131 Å². The molecule has 0 unspecified atom stereocenters. The molecule has 4 aromatic carbocycles. The number of hydrogen-bond donors (Lipinski definition) is 3. The molecule has 1 aliphatic rings. The van der Waals surface area contributed by atoms with E-state index in [1.165, 1.54) is 5.56 Å². The van der Waals surface area contributed by atoms with Gasteiger partial charge in [0.2, 0.25) is 0 Å². The monoisotopic (exact) mass is 551 g/mol. The highest BCUT2D eigenvalue weighted by atomic mass is 19.1. The van der Waals surface area contributed by atoms with E-state index in [1.807, 2.05) is 43.5 Å². The summed E-state index contributed by atoms with van der Waals surface area (Å²) in [7, 11) is 0. The molecule has 1 aliphatic heterocycles. The maximum atomic E-state index is 14.2. The van der Waals surface area contributed by atoms with E-state index in [2.05, 4.69) is 81.1 Å². The molecule has 3 heterocycles. The van der Waals surface area contributed by atoms with Crippen LogP contribution >= 0.6 is 0 Å². The van der Waals surface area contributed by atoms with E-state index >= 15 is 0 Å². The second-order valence-electron chi connectivity index (χ2n) is 10.8. The van der Waals surface area contributed by atoms with Crippen LogP contribution in [0.5, 0.6) is 0 Å². The topological polar surface area (TPSA) is 68.9 Å². The number of allylic oxidation sites excluding steroid dienone is 2. The van der Waals surface area contributed by atoms with Crippen molar-refractivity contribution < 1.29 is 4.39 Å². The van der Waals surface area contributed by atoms with Gasteiger partial charge >= 0.3 is 0 Å². The van der Waals surface area contributed by atoms with E-state index in [1.54, 1.807) is 12.1 Å². The summed E-state index contributed by atoms with van der Waals surface area (Å²) in [6.07, 6.45) is 6.34. The lowest BCUT2D eigenvalue weighted by Gasteiger charge is -2.07. The first-order chi connectivity index (χ1) is 20.6. The molecule has 2 aromatic heterocycles. The van der Waals surface area contributed by atoms with Crippen LogP contribution in [-0.4, -0.2) is 34.5 Å². The fourth-order valence-electron chi connectivity index (χ4n) is 5.69. The molecule has 42 heavy (non-hydrogen) atoms. The van der Waals surface area contributed by atoms with E-state index in [9.17, 15) is 4.39 Å². The van der Waals surface area contributed by atoms with Gasteiger partial charge < -0.3 is 10.3 Å². The van der Waals surface area contributed by atoms with E-state index in [0.717, 1.165) is 79.7 Å². The highest BCUT2D eigenvalue weighted by molar-refractivity contribution is 6.02. The molecular formula is C36H30FN5. The summed E-state index contributed by atoms with van der Waals surface area (Å²) in [5.41, 5.74) is 11.1. The minimum Gasteiger partial charge on any atom is -0.353 e. The van der Waals surface area contributed by atoms with Crippen LogP contribution < -0.4 is 5.32 Å². The van der Waals surface area contributed by atoms with Crippen LogP contribution in [-0.2, 0) is 6.54 Å². The molecule has 6 aromatic rings. The van der Waals surface area contributed by atoms with Gasteiger partial charge in [-0.15, -0.1) is 0 Å². The second kappa shape index (κ2) is 11.1. The fourth-order valence-corrected chi connectivity index (χ4v) is 5.69. The summed E-state index contributed by atoms with van der Waals surface area (Å²) >= 11 is 0. The van der Waals surface area contributed by atoms with E-state index in [0.29, 0.717) is 6.54 Å². The van der Waals surface area contributed by atoms with Gasteiger partial charge in [-0.25, -0.2) is 4.39 Å². The lowest BCUT2D eigenvalue weighted by molar-refractivity contribution is 0.627. The molecule has 0 bridgehead atoms. The molecule has 6 heteroatoms. The first kappa shape index (κ1) is 25.9. The smallest absolute Gasteiger partial charge is 0.124 e. The molecule has 5 nitrogen and oxygen atoms in total. The van der Waals surface area contributed by atoms with Gasteiger partial charge in [0.25, 0.3) is 0 Å². The third kappa shape index (κ3) is 5.20. The van der Waals surface area contributed by atoms with Crippen molar-refractivity contribution in [3.63, 3.8) is 0 Å². The molecule has 3 N–H and O–H groups in total. The Morgan fingerprint density at radius 2 is 1.74 bits per heavy atom. The molecule has 0 spiro atoms. The largest absolute Gasteiger partial charge is 0.353 e. The summed E-state index contributed by atoms with van der Waals surface area (Å²) in [5.74, 6) is -0.231. The number of fused-ring (bicyclic) bond motifs is 2. The van der Waals surface area contributed by atoms with Crippen molar-refractivity contribution in [1.29, 1.82) is 0 Å². The predicted molar refractivity (Wildman–Crippen MR) is 171 cm³/mol. The summed E-state index contributed by atoms with van der Waals surface area (Å²) < 4.78 is 14.2. The number of nitrogens with one attached hydrogen (secondary N) is 3. The van der Waals surface area contributed by atoms with Crippen molar-refractivity contribution in [2.75, 3.05) is 13.1 Å². The highest BCUT2D eigenvalue weighted by Gasteiger charge is 2.15. The van der Waals surface area contributed by atoms with E-state index in [4.69, 9.17) is 5.10 Å². The van der Waals surface area contributed by atoms with Crippen molar-refractivity contribution in [1.82, 2.24) is 20.5 Å². The number of aryl methyl sites for hydroxylation is 1. The Labute approximate surface area is 243 Å². The number of aromatic amines is 2. The normalized spacial score (nSPS) is 13.4. The maximum Gasteiger partial charge on any atom is 0.124 e. The van der Waals surface area contributed by atoms with Crippen molar-refractivity contribution in [3.8, 4) is 22.5 Å². The zero-order valence-corrected chi connectivity index (χ0v) is 23.3. The van der Waals surface area contributed by atoms with Crippen LogP contribution in [0.4, 0.5) is 4.39 Å². The lowest BCUT2D eigenvalue weighted by atomic mass is 9.99. The van der Waals surface area contributed by atoms with Crippen LogP contribution in [0.1, 0.15) is 16.7 Å². The molecule has 0 amide bonds. The van der Waals surface area contributed by atoms with Crippen molar-refractivity contribution >= 4 is 33.6 Å². The first-order valence-corrected chi connectivity index (χ1v) is 14.1. The Morgan fingerprint density at radius 1 is 0.833 bits per heavy atom. The number of aromatic nitrogens is 3. The van der Waals surface area contributed by atoms with Gasteiger partial charge in [-0.1, -0.05) is 60.7 Å². The van der Waals surface area contributed by atoms with Crippen LogP contribution in [0.2, 0.25) is 0 Å². The predicted octanol–water partition coefficient (Wildman–Crippen LogP) is 8.01. The molecule has 0 fully saturated rings. The Kier molecular flexibility index (Phi) is 6.82. The number of rotatable bonds is 7. The standard InChI is InChI=1S/C36H30FN5/c1-23-14-28(17-29(37)15-23)30-8-5-9-33-31(30)19-35(40-33)36-32-18-26(10-11-34(32)41-42-36)27-12-13-38-21-25(16-27)22-39-20-24-6-3-2-4-7-24/h2-12,14-19,21,39-40H,13,20,22H2,1H3,(H,41,42). The van der Waals surface area contributed by atoms with Gasteiger partial charge in [0.15, 0.2) is 0 Å². The summed E-state index contributed by atoms with van der Waals surface area (Å²) in [5, 5.41) is 13.5. The zero-order chi connectivity index (χ0) is 28.5. The summed E-state index contributed by atoms with van der Waals surface area (Å²) in [4.78, 5) is 8.13. The Bertz CT molecular complexity index is 1990. The van der Waals surface area contributed by atoms with Crippen molar-refractivity contribution in [2.24, 2.45) is 4.99 Å². The third-order valence-electron chi connectivity index (χ3n) is 7.68. The molecule has 0 atom stereocenters. The van der Waals surface area contributed by atoms with Crippen LogP contribution in [0, 0.1) is 12.7 Å². The maximum absolute atomic E-state index is 14.2. The third-order valence-corrected chi connectivity index (χ3v) is 7.68. The number of halogens is 1. The molecular weight excluding hydrogens is 521 g/mol. The SMILES string of the molecule is Cc1cc(F)cc(-c2cccc3[nH]c(-c4n[nH]c5ccc(C6=CCN=CC(CNCc7ccccc7)=C6)cc45)cc23)c1. The average molecular weight is 552 g/mol. The molecule has 0 saturated heterocycles. The number of benzene rings is 4. The minimum atomic E-state index is -0.231. The van der Waals surface area contributed by atoms with Gasteiger partial charge in [0, 0.05) is 35.6 Å². The van der Waals surface area contributed by atoms with Gasteiger partial charge in [-0.3, -0.25) is 10.1 Å². The van der Waals surface area contributed by atoms with Crippen LogP contribution in [0.25, 0.3) is 49.9 Å². The summed E-state index contributed by atoms with van der Waals surface area (Å²) in [6, 6.07) is 30.2. The second-order valence-corrected chi connectivity index (χ2v) is 10.8. The average Bonchev–Trinajstić information content (AvgIpc) is 3.54. The number of H-pyrrole nitrogens is 2. The fraction of sp³-hybridized carbons (Fsp3) is 0.111. The minimum absolute atomic E-state index is 0.231. The van der Waals surface area contributed by atoms with Crippen LogP contribution in [0.3, 0.4) is 0 Å². The Morgan fingerprint density at radius 3 is 2.62 bits per heavy atom. The van der Waals surface area contributed by atoms with E-state index in [-0.39, 0.29) is 5.82 Å². The van der Waals surface area contributed by atoms with Gasteiger partial charge in [-0.2, -0.15) is 5.10 Å². The van der Waals surface area contributed by atoms with Gasteiger partial charge in [-0.05, 0) is 88.4 Å². The number of aliphatic imine (C=N–C) groups is 1. The molecule has 7 rings (SSSR count). The van der Waals surface area contributed by atoms with Gasteiger partial charge in [0.05, 0.1) is 17.8 Å². The molecule has 0 radical (unpaired) electrons. The first-order valence-electron chi connectivity index (χ1n) is 14.1. The number of hydrogen-bond acceptors (Lipinski definition) is 3. The zero-order valence-electron chi connectivity index (χ0n) is 23.3. The van der Waals surface area contributed by atoms with Crippen molar-refractivity contribution in [2.45, 2.75) is 13.5 Å². The highest BCUT2D eigenvalue weighted by Crippen LogP contribution is 2.35. The molecule has 0 saturated carbocycles. The molecule has 206 valence electrons. The Balaban J connectivity index is 1.20.